The zero-order valence-corrected chi connectivity index (χ0v) is 13.2. The Kier molecular flexibility index (Phi) is 11.5. The van der Waals surface area contributed by atoms with Crippen molar-refractivity contribution in [3.8, 4) is 0 Å². The van der Waals surface area contributed by atoms with E-state index in [0.29, 0.717) is 5.75 Å². The molecule has 0 saturated heterocycles. The van der Waals surface area contributed by atoms with Crippen LogP contribution in [0.5, 0.6) is 0 Å². The summed E-state index contributed by atoms with van der Waals surface area (Å²) in [6, 6.07) is 0. The number of alkyl halides is 5. The summed E-state index contributed by atoms with van der Waals surface area (Å²) in [5.41, 5.74) is 5.39. The number of hydrogen-bond donors (Lipinski definition) is 1. The predicted octanol–water partition coefficient (Wildman–Crippen LogP) is 5.39. The van der Waals surface area contributed by atoms with Crippen molar-refractivity contribution in [2.24, 2.45) is 5.73 Å². The fourth-order valence-corrected chi connectivity index (χ4v) is 2.83. The van der Waals surface area contributed by atoms with E-state index < -0.39 is 18.5 Å². The molecule has 0 aliphatic carbocycles. The molecule has 0 spiro atoms. The maximum absolute atomic E-state index is 12.6. The van der Waals surface area contributed by atoms with Crippen molar-refractivity contribution >= 4 is 11.8 Å². The van der Waals surface area contributed by atoms with Crippen molar-refractivity contribution in [1.82, 2.24) is 0 Å². The van der Waals surface area contributed by atoms with Crippen molar-refractivity contribution in [2.75, 3.05) is 18.1 Å². The minimum atomic E-state index is -5.42. The third-order valence-electron chi connectivity index (χ3n) is 3.19. The zero-order valence-electron chi connectivity index (χ0n) is 12.4. The molecule has 0 saturated carbocycles. The third-order valence-corrected chi connectivity index (χ3v) is 4.34. The van der Waals surface area contributed by atoms with E-state index >= 15 is 0 Å². The topological polar surface area (TPSA) is 26.0 Å². The number of unbranched alkanes of at least 4 members (excludes halogenated alkanes) is 6. The average Bonchev–Trinajstić information content (AvgIpc) is 2.38. The van der Waals surface area contributed by atoms with Crippen molar-refractivity contribution in [2.45, 2.75) is 69.9 Å². The Morgan fingerprint density at radius 1 is 0.667 bits per heavy atom. The summed E-state index contributed by atoms with van der Waals surface area (Å²) in [6.07, 6.45) is 1.22. The van der Waals surface area contributed by atoms with E-state index in [1.54, 1.807) is 0 Å². The lowest BCUT2D eigenvalue weighted by molar-refractivity contribution is -0.284. The molecule has 0 amide bonds. The van der Waals surface area contributed by atoms with Crippen LogP contribution in [0.4, 0.5) is 22.0 Å². The molecule has 0 radical (unpaired) electrons. The fraction of sp³-hybridized carbons (Fsp3) is 1.00. The number of thioether (sulfide) groups is 1. The molecule has 0 bridgehead atoms. The van der Waals surface area contributed by atoms with Crippen molar-refractivity contribution in [1.29, 1.82) is 0 Å². The minimum absolute atomic E-state index is 0.101. The molecule has 0 unspecified atom stereocenters. The second-order valence-corrected chi connectivity index (χ2v) is 6.41. The molecule has 128 valence electrons. The van der Waals surface area contributed by atoms with Gasteiger partial charge in [0.15, 0.2) is 0 Å². The van der Waals surface area contributed by atoms with Gasteiger partial charge >= 0.3 is 12.1 Å². The second-order valence-electron chi connectivity index (χ2n) is 5.18. The van der Waals surface area contributed by atoms with Gasteiger partial charge in [-0.1, -0.05) is 32.1 Å². The first-order chi connectivity index (χ1) is 9.81. The van der Waals surface area contributed by atoms with Gasteiger partial charge in [-0.2, -0.15) is 33.7 Å². The Labute approximate surface area is 128 Å². The first-order valence-electron chi connectivity index (χ1n) is 7.53. The lowest BCUT2D eigenvalue weighted by Gasteiger charge is -2.19. The molecule has 0 aliphatic rings. The number of nitrogens with two attached hydrogens (primary N) is 1. The van der Waals surface area contributed by atoms with Crippen molar-refractivity contribution in [3.63, 3.8) is 0 Å². The maximum Gasteiger partial charge on any atom is 0.453 e. The smallest absolute Gasteiger partial charge is 0.330 e. The molecule has 0 rings (SSSR count). The molecule has 0 aromatic heterocycles. The minimum Gasteiger partial charge on any atom is -0.330 e. The van der Waals surface area contributed by atoms with Crippen LogP contribution in [0.2, 0.25) is 0 Å². The second kappa shape index (κ2) is 11.5. The Bertz CT molecular complexity index is 246. The Balaban J connectivity index is 3.30. The molecule has 2 N–H and O–H groups in total. The molecular weight excluding hydrogens is 309 g/mol. The molecule has 7 heteroatoms. The lowest BCUT2D eigenvalue weighted by atomic mass is 10.1. The zero-order chi connectivity index (χ0) is 16.2. The normalized spacial score (nSPS) is 12.9. The summed E-state index contributed by atoms with van der Waals surface area (Å²) in [7, 11) is 0. The molecule has 0 fully saturated rings. The monoisotopic (exact) mass is 335 g/mol. The summed E-state index contributed by atoms with van der Waals surface area (Å²) in [5, 5.41) is 0. The van der Waals surface area contributed by atoms with E-state index in [1.165, 1.54) is 31.0 Å². The SMILES string of the molecule is NCCCCCCCCCSCCCC(F)(F)C(F)(F)F. The highest BCUT2D eigenvalue weighted by molar-refractivity contribution is 7.99. The molecule has 0 atom stereocenters. The van der Waals surface area contributed by atoms with Crippen LogP contribution in [0, 0.1) is 0 Å². The largest absolute Gasteiger partial charge is 0.453 e. The van der Waals surface area contributed by atoms with Gasteiger partial charge in [-0.3, -0.25) is 0 Å². The van der Waals surface area contributed by atoms with Crippen LogP contribution in [0.3, 0.4) is 0 Å². The van der Waals surface area contributed by atoms with E-state index in [1.807, 2.05) is 0 Å². The van der Waals surface area contributed by atoms with Crippen LogP contribution in [0.15, 0.2) is 0 Å². The first-order valence-corrected chi connectivity index (χ1v) is 8.69. The summed E-state index contributed by atoms with van der Waals surface area (Å²) < 4.78 is 60.9. The van der Waals surface area contributed by atoms with Crippen LogP contribution in [0.25, 0.3) is 0 Å². The maximum atomic E-state index is 12.6. The van der Waals surface area contributed by atoms with Gasteiger partial charge in [0.1, 0.15) is 0 Å². The third kappa shape index (κ3) is 11.2. The van der Waals surface area contributed by atoms with Gasteiger partial charge in [0.05, 0.1) is 0 Å². The van der Waals surface area contributed by atoms with E-state index in [9.17, 15) is 22.0 Å². The standard InChI is InChI=1S/C14H26F5NS/c15-13(16,14(17,18)19)9-8-12-21-11-7-5-3-1-2-4-6-10-20/h1-12,20H2. The quantitative estimate of drug-likeness (QED) is 0.361. The highest BCUT2D eigenvalue weighted by atomic mass is 32.2. The molecule has 0 aliphatic heterocycles. The molecule has 0 aromatic rings. The molecule has 0 heterocycles. The number of hydrogen-bond acceptors (Lipinski definition) is 2. The van der Waals surface area contributed by atoms with E-state index in [4.69, 9.17) is 5.73 Å². The highest BCUT2D eigenvalue weighted by Crippen LogP contribution is 2.39. The van der Waals surface area contributed by atoms with Gasteiger partial charge < -0.3 is 5.73 Å². The molecule has 0 aromatic carbocycles. The summed E-state index contributed by atoms with van der Waals surface area (Å²) in [5.74, 6) is -3.35. The molecular formula is C14H26F5NS. The summed E-state index contributed by atoms with van der Waals surface area (Å²) in [4.78, 5) is 0. The predicted molar refractivity (Wildman–Crippen MR) is 78.9 cm³/mol. The van der Waals surface area contributed by atoms with Crippen LogP contribution < -0.4 is 5.73 Å². The van der Waals surface area contributed by atoms with Crippen LogP contribution >= 0.6 is 11.8 Å². The van der Waals surface area contributed by atoms with Crippen LogP contribution in [-0.4, -0.2) is 30.1 Å². The van der Waals surface area contributed by atoms with E-state index in [2.05, 4.69) is 0 Å². The van der Waals surface area contributed by atoms with Gasteiger partial charge in [-0.15, -0.1) is 0 Å². The molecule has 1 nitrogen and oxygen atoms in total. The van der Waals surface area contributed by atoms with Gasteiger partial charge in [-0.05, 0) is 37.3 Å². The Morgan fingerprint density at radius 3 is 1.67 bits per heavy atom. The number of rotatable bonds is 13. The van der Waals surface area contributed by atoms with Crippen LogP contribution in [-0.2, 0) is 0 Å². The summed E-state index contributed by atoms with van der Waals surface area (Å²) in [6.45, 7) is 0.740. The van der Waals surface area contributed by atoms with E-state index in [0.717, 1.165) is 38.0 Å². The Morgan fingerprint density at radius 2 is 1.14 bits per heavy atom. The van der Waals surface area contributed by atoms with Gasteiger partial charge in [0.25, 0.3) is 0 Å². The fourth-order valence-electron chi connectivity index (χ4n) is 1.87. The highest BCUT2D eigenvalue weighted by Gasteiger charge is 2.56. The lowest BCUT2D eigenvalue weighted by Crippen LogP contribution is -2.36. The van der Waals surface area contributed by atoms with E-state index in [-0.39, 0.29) is 6.42 Å². The van der Waals surface area contributed by atoms with Gasteiger partial charge in [0.2, 0.25) is 0 Å². The first kappa shape index (κ1) is 21.0. The number of halogens is 5. The van der Waals surface area contributed by atoms with Crippen LogP contribution in [0.1, 0.15) is 57.8 Å². The van der Waals surface area contributed by atoms with Crippen molar-refractivity contribution in [3.05, 3.63) is 0 Å². The van der Waals surface area contributed by atoms with Gasteiger partial charge in [0, 0.05) is 6.42 Å². The van der Waals surface area contributed by atoms with Crippen molar-refractivity contribution < 1.29 is 22.0 Å². The average molecular weight is 335 g/mol. The molecule has 21 heavy (non-hydrogen) atoms. The van der Waals surface area contributed by atoms with Gasteiger partial charge in [-0.25, -0.2) is 0 Å². The summed E-state index contributed by atoms with van der Waals surface area (Å²) >= 11 is 1.46. The Hall–Kier alpha value is -0.0400.